The highest BCUT2D eigenvalue weighted by Gasteiger charge is 2.11. The van der Waals surface area contributed by atoms with E-state index in [9.17, 15) is 9.59 Å². The third kappa shape index (κ3) is 2.37. The highest BCUT2D eigenvalue weighted by atomic mass is 16.4. The van der Waals surface area contributed by atoms with Crippen molar-refractivity contribution in [3.05, 3.63) is 47.3 Å². The molecular formula is C12H11N3O3. The molecule has 0 unspecified atom stereocenters. The average molecular weight is 245 g/mol. The molecule has 6 nitrogen and oxygen atoms in total. The lowest BCUT2D eigenvalue weighted by atomic mass is 10.1. The number of carboxylic acid groups (broad SMARTS) is 1. The number of aromatic carboxylic acids is 1. The molecule has 1 amide bonds. The van der Waals surface area contributed by atoms with E-state index in [1.165, 1.54) is 24.5 Å². The zero-order chi connectivity index (χ0) is 13.1. The Morgan fingerprint density at radius 3 is 2.72 bits per heavy atom. The van der Waals surface area contributed by atoms with Crippen LogP contribution in [0.4, 0.5) is 5.69 Å². The maximum absolute atomic E-state index is 11.8. The molecule has 0 aliphatic heterocycles. The summed E-state index contributed by atoms with van der Waals surface area (Å²) in [5, 5.41) is 17.7. The van der Waals surface area contributed by atoms with Crippen LogP contribution in [0.1, 0.15) is 26.3 Å². The number of amides is 1. The zero-order valence-electron chi connectivity index (χ0n) is 9.60. The highest BCUT2D eigenvalue weighted by molar-refractivity contribution is 6.04. The molecule has 92 valence electrons. The van der Waals surface area contributed by atoms with Gasteiger partial charge in [-0.2, -0.15) is 5.10 Å². The van der Waals surface area contributed by atoms with Gasteiger partial charge in [0.05, 0.1) is 17.3 Å². The minimum Gasteiger partial charge on any atom is -0.478 e. The Morgan fingerprint density at radius 1 is 1.33 bits per heavy atom. The Kier molecular flexibility index (Phi) is 3.09. The first-order chi connectivity index (χ1) is 8.58. The topological polar surface area (TPSA) is 95.1 Å². The number of hydrogen-bond donors (Lipinski definition) is 3. The molecule has 6 heteroatoms. The molecule has 1 aromatic carbocycles. The van der Waals surface area contributed by atoms with Gasteiger partial charge in [0.25, 0.3) is 5.91 Å². The Balaban J connectivity index is 2.26. The number of anilines is 1. The van der Waals surface area contributed by atoms with Crippen LogP contribution in [-0.2, 0) is 0 Å². The maximum Gasteiger partial charge on any atom is 0.335 e. The normalized spacial score (nSPS) is 10.1. The summed E-state index contributed by atoms with van der Waals surface area (Å²) in [6, 6.07) is 4.56. The van der Waals surface area contributed by atoms with Gasteiger partial charge in [0.2, 0.25) is 0 Å². The van der Waals surface area contributed by atoms with Crippen molar-refractivity contribution in [3.63, 3.8) is 0 Å². The first-order valence-electron chi connectivity index (χ1n) is 5.22. The fraction of sp³-hybridized carbons (Fsp3) is 0.0833. The maximum atomic E-state index is 11.8. The molecule has 1 heterocycles. The van der Waals surface area contributed by atoms with Crippen molar-refractivity contribution in [2.24, 2.45) is 0 Å². The number of benzene rings is 1. The lowest BCUT2D eigenvalue weighted by Gasteiger charge is -2.08. The Hall–Kier alpha value is -2.63. The van der Waals surface area contributed by atoms with Gasteiger partial charge in [-0.15, -0.1) is 0 Å². The minimum atomic E-state index is -1.03. The van der Waals surface area contributed by atoms with Crippen LogP contribution in [0.2, 0.25) is 0 Å². The Morgan fingerprint density at radius 2 is 2.11 bits per heavy atom. The molecular weight excluding hydrogens is 234 g/mol. The van der Waals surface area contributed by atoms with Gasteiger partial charge in [-0.05, 0) is 24.6 Å². The predicted octanol–water partition coefficient (Wildman–Crippen LogP) is 1.67. The third-order valence-corrected chi connectivity index (χ3v) is 2.49. The second-order valence-corrected chi connectivity index (χ2v) is 3.78. The van der Waals surface area contributed by atoms with Crippen molar-refractivity contribution < 1.29 is 14.7 Å². The fourth-order valence-corrected chi connectivity index (χ4v) is 1.46. The molecule has 1 aromatic heterocycles. The molecule has 0 atom stereocenters. The van der Waals surface area contributed by atoms with E-state index in [-0.39, 0.29) is 11.5 Å². The van der Waals surface area contributed by atoms with Gasteiger partial charge in [-0.1, -0.05) is 6.07 Å². The van der Waals surface area contributed by atoms with Crippen LogP contribution >= 0.6 is 0 Å². The van der Waals surface area contributed by atoms with Crippen LogP contribution in [0.25, 0.3) is 0 Å². The fourth-order valence-electron chi connectivity index (χ4n) is 1.46. The number of H-pyrrole nitrogens is 1. The number of aromatic amines is 1. The second kappa shape index (κ2) is 4.70. The van der Waals surface area contributed by atoms with Crippen molar-refractivity contribution in [1.82, 2.24) is 10.2 Å². The van der Waals surface area contributed by atoms with Crippen LogP contribution in [0.15, 0.2) is 30.6 Å². The van der Waals surface area contributed by atoms with Crippen molar-refractivity contribution >= 4 is 17.6 Å². The van der Waals surface area contributed by atoms with Gasteiger partial charge >= 0.3 is 5.97 Å². The van der Waals surface area contributed by atoms with E-state index in [1.807, 2.05) is 0 Å². The monoisotopic (exact) mass is 245 g/mol. The number of carbonyl (C=O) groups is 2. The first kappa shape index (κ1) is 11.8. The quantitative estimate of drug-likeness (QED) is 0.766. The van der Waals surface area contributed by atoms with Gasteiger partial charge in [0.1, 0.15) is 0 Å². The smallest absolute Gasteiger partial charge is 0.335 e. The number of rotatable bonds is 3. The lowest BCUT2D eigenvalue weighted by Crippen LogP contribution is -2.12. The summed E-state index contributed by atoms with van der Waals surface area (Å²) in [6.07, 6.45) is 2.86. The Bertz CT molecular complexity index is 591. The van der Waals surface area contributed by atoms with Crippen molar-refractivity contribution in [2.75, 3.05) is 5.32 Å². The van der Waals surface area contributed by atoms with E-state index in [0.29, 0.717) is 11.3 Å². The van der Waals surface area contributed by atoms with E-state index in [0.717, 1.165) is 5.56 Å². The minimum absolute atomic E-state index is 0.128. The molecule has 0 saturated carbocycles. The molecule has 3 N–H and O–H groups in total. The summed E-state index contributed by atoms with van der Waals surface area (Å²) in [4.78, 5) is 22.6. The van der Waals surface area contributed by atoms with E-state index in [4.69, 9.17) is 5.11 Å². The van der Waals surface area contributed by atoms with Crippen LogP contribution in [0.5, 0.6) is 0 Å². The average Bonchev–Trinajstić information content (AvgIpc) is 2.85. The van der Waals surface area contributed by atoms with E-state index >= 15 is 0 Å². The van der Waals surface area contributed by atoms with Gasteiger partial charge < -0.3 is 10.4 Å². The zero-order valence-corrected chi connectivity index (χ0v) is 9.60. The molecule has 0 radical (unpaired) electrons. The summed E-state index contributed by atoms with van der Waals surface area (Å²) < 4.78 is 0. The number of carboxylic acids is 1. The van der Waals surface area contributed by atoms with Gasteiger partial charge in [-0.3, -0.25) is 9.89 Å². The number of aryl methyl sites for hydroxylation is 1. The number of aromatic nitrogens is 2. The van der Waals surface area contributed by atoms with E-state index in [2.05, 4.69) is 15.5 Å². The van der Waals surface area contributed by atoms with Crippen LogP contribution in [-0.4, -0.2) is 27.2 Å². The van der Waals surface area contributed by atoms with Gasteiger partial charge in [0.15, 0.2) is 0 Å². The first-order valence-corrected chi connectivity index (χ1v) is 5.22. The summed E-state index contributed by atoms with van der Waals surface area (Å²) in [6.45, 7) is 1.79. The van der Waals surface area contributed by atoms with Crippen LogP contribution < -0.4 is 5.32 Å². The highest BCUT2D eigenvalue weighted by Crippen LogP contribution is 2.17. The third-order valence-electron chi connectivity index (χ3n) is 2.49. The van der Waals surface area contributed by atoms with Crippen molar-refractivity contribution in [2.45, 2.75) is 6.92 Å². The number of carbonyl (C=O) groups excluding carboxylic acids is 1. The number of nitrogens with zero attached hydrogens (tertiary/aromatic N) is 1. The Labute approximate surface area is 103 Å². The molecule has 0 aliphatic carbocycles. The lowest BCUT2D eigenvalue weighted by molar-refractivity contribution is 0.0696. The van der Waals surface area contributed by atoms with Gasteiger partial charge in [-0.25, -0.2) is 4.79 Å². The van der Waals surface area contributed by atoms with Gasteiger partial charge in [0, 0.05) is 11.9 Å². The summed E-state index contributed by atoms with van der Waals surface area (Å²) >= 11 is 0. The van der Waals surface area contributed by atoms with Crippen LogP contribution in [0.3, 0.4) is 0 Å². The molecule has 0 spiro atoms. The molecule has 0 bridgehead atoms. The number of hydrogen-bond acceptors (Lipinski definition) is 3. The predicted molar refractivity (Wildman–Crippen MR) is 64.7 cm³/mol. The molecule has 2 aromatic rings. The molecule has 0 saturated heterocycles. The summed E-state index contributed by atoms with van der Waals surface area (Å²) in [5.74, 6) is -1.37. The largest absolute Gasteiger partial charge is 0.478 e. The summed E-state index contributed by atoms with van der Waals surface area (Å²) in [7, 11) is 0. The second-order valence-electron chi connectivity index (χ2n) is 3.78. The van der Waals surface area contributed by atoms with E-state index in [1.54, 1.807) is 13.0 Å². The summed E-state index contributed by atoms with van der Waals surface area (Å²) in [5.41, 5.74) is 1.77. The van der Waals surface area contributed by atoms with Crippen LogP contribution in [0, 0.1) is 6.92 Å². The molecule has 18 heavy (non-hydrogen) atoms. The van der Waals surface area contributed by atoms with Crippen molar-refractivity contribution in [1.29, 1.82) is 0 Å². The number of nitrogens with one attached hydrogen (secondary N) is 2. The molecule has 2 rings (SSSR count). The standard InChI is InChI=1S/C12H11N3O3/c1-7-2-3-8(12(17)18)4-10(7)15-11(16)9-5-13-14-6-9/h2-6H,1H3,(H,13,14)(H,15,16)(H,17,18). The SMILES string of the molecule is Cc1ccc(C(=O)O)cc1NC(=O)c1cn[nH]c1. The molecule has 0 fully saturated rings. The molecule has 0 aliphatic rings. The van der Waals surface area contributed by atoms with Crippen molar-refractivity contribution in [3.8, 4) is 0 Å². The van der Waals surface area contributed by atoms with E-state index < -0.39 is 5.97 Å².